The molecule has 0 radical (unpaired) electrons. The van der Waals surface area contributed by atoms with E-state index >= 15 is 0 Å². The Morgan fingerprint density at radius 3 is 2.23 bits per heavy atom. The monoisotopic (exact) mass is 352 g/mol. The Morgan fingerprint density at radius 1 is 0.885 bits per heavy atom. The first-order chi connectivity index (χ1) is 12.7. The predicted octanol–water partition coefficient (Wildman–Crippen LogP) is 2.22. The van der Waals surface area contributed by atoms with Crippen molar-refractivity contribution in [1.82, 2.24) is 9.88 Å². The van der Waals surface area contributed by atoms with E-state index < -0.39 is 6.10 Å². The third kappa shape index (κ3) is 4.26. The first kappa shape index (κ1) is 18.5. The number of rotatable bonds is 8. The Labute approximate surface area is 153 Å². The van der Waals surface area contributed by atoms with Crippen molar-refractivity contribution in [3.8, 4) is 11.3 Å². The van der Waals surface area contributed by atoms with Gasteiger partial charge in [-0.15, -0.1) is 0 Å². The first-order valence-corrected chi connectivity index (χ1v) is 8.80. The highest BCUT2D eigenvalue weighted by atomic mass is 16.3. The van der Waals surface area contributed by atoms with Crippen LogP contribution in [0.4, 0.5) is 0 Å². The van der Waals surface area contributed by atoms with Crippen LogP contribution >= 0.6 is 0 Å². The van der Waals surface area contributed by atoms with E-state index in [9.17, 15) is 15.3 Å². The van der Waals surface area contributed by atoms with E-state index in [4.69, 9.17) is 4.98 Å². The number of fused-ring (bicyclic) bond motifs is 1. The third-order valence-electron chi connectivity index (χ3n) is 4.44. The molecule has 0 amide bonds. The maximum atomic E-state index is 10.9. The fourth-order valence-electron chi connectivity index (χ4n) is 3.15. The summed E-state index contributed by atoms with van der Waals surface area (Å²) in [5, 5.41) is 30.2. The molecule has 3 rings (SSSR count). The van der Waals surface area contributed by atoms with Gasteiger partial charge in [-0.25, -0.2) is 4.98 Å². The number of para-hydroxylation sites is 1. The molecule has 136 valence electrons. The van der Waals surface area contributed by atoms with Gasteiger partial charge in [0.2, 0.25) is 0 Å². The second kappa shape index (κ2) is 8.87. The summed E-state index contributed by atoms with van der Waals surface area (Å²) < 4.78 is 0. The Kier molecular flexibility index (Phi) is 6.30. The molecule has 0 saturated carbocycles. The van der Waals surface area contributed by atoms with Crippen molar-refractivity contribution in [2.75, 3.05) is 32.8 Å². The predicted molar refractivity (Wildman–Crippen MR) is 103 cm³/mol. The van der Waals surface area contributed by atoms with Crippen LogP contribution in [0.3, 0.4) is 0 Å². The van der Waals surface area contributed by atoms with Crippen molar-refractivity contribution in [2.45, 2.75) is 6.10 Å². The fourth-order valence-corrected chi connectivity index (χ4v) is 3.15. The van der Waals surface area contributed by atoms with E-state index in [1.165, 1.54) is 0 Å². The molecule has 0 fully saturated rings. The van der Waals surface area contributed by atoms with Gasteiger partial charge < -0.3 is 15.3 Å². The molecular formula is C21H24N2O3. The lowest BCUT2D eigenvalue weighted by Gasteiger charge is -2.24. The molecule has 0 bridgehead atoms. The molecule has 0 aliphatic carbocycles. The van der Waals surface area contributed by atoms with Crippen LogP contribution in [0, 0.1) is 0 Å². The highest BCUT2D eigenvalue weighted by Gasteiger charge is 2.17. The maximum absolute atomic E-state index is 10.9. The summed E-state index contributed by atoms with van der Waals surface area (Å²) in [6.45, 7) is 1.12. The van der Waals surface area contributed by atoms with Crippen molar-refractivity contribution in [1.29, 1.82) is 0 Å². The molecule has 3 N–H and O–H groups in total. The molecule has 1 aromatic heterocycles. The number of nitrogens with zero attached hydrogens (tertiary/aromatic N) is 2. The van der Waals surface area contributed by atoms with Crippen molar-refractivity contribution >= 4 is 10.9 Å². The standard InChI is InChI=1S/C21H24N2O3/c24-12-10-23(11-13-25)15-21(26)18-14-20(16-6-2-1-3-7-16)22-19-9-5-4-8-17(18)19/h1-9,14,21,24-26H,10-13,15H2/t21-/m1/s1. The average molecular weight is 352 g/mol. The van der Waals surface area contributed by atoms with Crippen LogP contribution in [0.15, 0.2) is 60.7 Å². The molecule has 3 aromatic rings. The SMILES string of the molecule is OCCN(CCO)C[C@@H](O)c1cc(-c2ccccc2)nc2ccccc12. The topological polar surface area (TPSA) is 76.8 Å². The lowest BCUT2D eigenvalue weighted by molar-refractivity contribution is 0.0882. The van der Waals surface area contributed by atoms with Gasteiger partial charge >= 0.3 is 0 Å². The second-order valence-electron chi connectivity index (χ2n) is 6.24. The first-order valence-electron chi connectivity index (χ1n) is 8.80. The number of aliphatic hydroxyl groups is 3. The van der Waals surface area contributed by atoms with Crippen LogP contribution in [0.25, 0.3) is 22.2 Å². The summed E-state index contributed by atoms with van der Waals surface area (Å²) in [4.78, 5) is 6.58. The summed E-state index contributed by atoms with van der Waals surface area (Å²) in [5.41, 5.74) is 3.44. The summed E-state index contributed by atoms with van der Waals surface area (Å²) in [6, 6.07) is 19.6. The van der Waals surface area contributed by atoms with E-state index in [1.807, 2.05) is 65.6 Å². The van der Waals surface area contributed by atoms with Gasteiger partial charge in [-0.3, -0.25) is 4.90 Å². The third-order valence-corrected chi connectivity index (χ3v) is 4.44. The van der Waals surface area contributed by atoms with E-state index in [1.54, 1.807) is 0 Å². The molecule has 0 aliphatic heterocycles. The zero-order chi connectivity index (χ0) is 18.4. The quantitative estimate of drug-likeness (QED) is 0.579. The van der Waals surface area contributed by atoms with E-state index in [0.717, 1.165) is 27.7 Å². The molecule has 0 unspecified atom stereocenters. The molecule has 5 heteroatoms. The normalized spacial score (nSPS) is 12.6. The number of hydrogen-bond acceptors (Lipinski definition) is 5. The highest BCUT2D eigenvalue weighted by Crippen LogP contribution is 2.29. The molecule has 0 aliphatic rings. The number of aliphatic hydroxyl groups excluding tert-OH is 3. The lowest BCUT2D eigenvalue weighted by Crippen LogP contribution is -2.33. The second-order valence-corrected chi connectivity index (χ2v) is 6.24. The van der Waals surface area contributed by atoms with Gasteiger partial charge in [-0.05, 0) is 17.7 Å². The highest BCUT2D eigenvalue weighted by molar-refractivity contribution is 5.85. The molecule has 1 atom stereocenters. The number of hydrogen-bond donors (Lipinski definition) is 3. The van der Waals surface area contributed by atoms with Crippen molar-refractivity contribution in [2.24, 2.45) is 0 Å². The van der Waals surface area contributed by atoms with Crippen LogP contribution in [0.1, 0.15) is 11.7 Å². The molecule has 26 heavy (non-hydrogen) atoms. The minimum absolute atomic E-state index is 0.0148. The minimum atomic E-state index is -0.747. The van der Waals surface area contributed by atoms with Crippen LogP contribution in [-0.4, -0.2) is 58.1 Å². The van der Waals surface area contributed by atoms with Crippen LogP contribution in [-0.2, 0) is 0 Å². The minimum Gasteiger partial charge on any atom is -0.395 e. The van der Waals surface area contributed by atoms with Crippen molar-refractivity contribution < 1.29 is 15.3 Å². The number of pyridine rings is 1. The number of aromatic nitrogens is 1. The molecular weight excluding hydrogens is 328 g/mol. The van der Waals surface area contributed by atoms with Crippen molar-refractivity contribution in [3.05, 3.63) is 66.2 Å². The molecule has 1 heterocycles. The van der Waals surface area contributed by atoms with Crippen LogP contribution in [0.5, 0.6) is 0 Å². The lowest BCUT2D eigenvalue weighted by atomic mass is 10.00. The summed E-state index contributed by atoms with van der Waals surface area (Å²) in [5.74, 6) is 0. The van der Waals surface area contributed by atoms with Gasteiger partial charge in [0.05, 0.1) is 30.5 Å². The zero-order valence-corrected chi connectivity index (χ0v) is 14.6. The van der Waals surface area contributed by atoms with Gasteiger partial charge in [0, 0.05) is 30.6 Å². The summed E-state index contributed by atoms with van der Waals surface area (Å²) in [6.07, 6.45) is -0.747. The van der Waals surface area contributed by atoms with E-state index in [2.05, 4.69) is 0 Å². The molecule has 0 spiro atoms. The maximum Gasteiger partial charge on any atom is 0.0924 e. The van der Waals surface area contributed by atoms with Crippen LogP contribution < -0.4 is 0 Å². The Bertz CT molecular complexity index is 833. The van der Waals surface area contributed by atoms with Gasteiger partial charge in [0.15, 0.2) is 0 Å². The summed E-state index contributed by atoms with van der Waals surface area (Å²) in [7, 11) is 0. The van der Waals surface area contributed by atoms with Gasteiger partial charge in [-0.2, -0.15) is 0 Å². The van der Waals surface area contributed by atoms with E-state index in [0.29, 0.717) is 19.6 Å². The average Bonchev–Trinajstić information content (AvgIpc) is 2.68. The van der Waals surface area contributed by atoms with E-state index in [-0.39, 0.29) is 13.2 Å². The van der Waals surface area contributed by atoms with Crippen LogP contribution in [0.2, 0.25) is 0 Å². The summed E-state index contributed by atoms with van der Waals surface area (Å²) >= 11 is 0. The smallest absolute Gasteiger partial charge is 0.0924 e. The fraction of sp³-hybridized carbons (Fsp3) is 0.286. The molecule has 0 saturated heterocycles. The largest absolute Gasteiger partial charge is 0.395 e. The Hall–Kier alpha value is -2.31. The van der Waals surface area contributed by atoms with Gasteiger partial charge in [0.1, 0.15) is 0 Å². The van der Waals surface area contributed by atoms with Crippen molar-refractivity contribution in [3.63, 3.8) is 0 Å². The van der Waals surface area contributed by atoms with Gasteiger partial charge in [0.25, 0.3) is 0 Å². The zero-order valence-electron chi connectivity index (χ0n) is 14.6. The molecule has 2 aromatic carbocycles. The Balaban J connectivity index is 2.00. The Morgan fingerprint density at radius 2 is 1.54 bits per heavy atom. The molecule has 5 nitrogen and oxygen atoms in total. The van der Waals surface area contributed by atoms with Gasteiger partial charge in [-0.1, -0.05) is 48.5 Å². The number of benzene rings is 2.